The normalized spacial score (nSPS) is 10.3. The third-order valence-electron chi connectivity index (χ3n) is 2.66. The summed E-state index contributed by atoms with van der Waals surface area (Å²) in [7, 11) is 1.48. The number of benzene rings is 2. The van der Waals surface area contributed by atoms with E-state index in [-0.39, 0.29) is 17.0 Å². The summed E-state index contributed by atoms with van der Waals surface area (Å²) in [5.74, 6) is -0.345. The molecule has 2 N–H and O–H groups in total. The van der Waals surface area contributed by atoms with Crippen LogP contribution in [0.15, 0.2) is 40.9 Å². The third-order valence-corrected chi connectivity index (χ3v) is 3.16. The minimum absolute atomic E-state index is 0.104. The van der Waals surface area contributed by atoms with Gasteiger partial charge in [0, 0.05) is 15.7 Å². The van der Waals surface area contributed by atoms with E-state index >= 15 is 0 Å². The average Bonchev–Trinajstić information content (AvgIpc) is 2.38. The zero-order valence-corrected chi connectivity index (χ0v) is 11.7. The highest BCUT2D eigenvalue weighted by molar-refractivity contribution is 9.10. The molecule has 0 aliphatic rings. The molecule has 19 heavy (non-hydrogen) atoms. The van der Waals surface area contributed by atoms with E-state index in [2.05, 4.69) is 15.9 Å². The summed E-state index contributed by atoms with van der Waals surface area (Å²) in [6.45, 7) is 0. The van der Waals surface area contributed by atoms with Gasteiger partial charge in [0.05, 0.1) is 12.7 Å². The van der Waals surface area contributed by atoms with Crippen LogP contribution in [-0.2, 0) is 0 Å². The third kappa shape index (κ3) is 2.76. The Morgan fingerprint density at radius 3 is 2.58 bits per heavy atom. The average molecular weight is 324 g/mol. The number of ketones is 1. The van der Waals surface area contributed by atoms with E-state index in [0.717, 1.165) is 10.5 Å². The largest absolute Gasteiger partial charge is 0.496 e. The van der Waals surface area contributed by atoms with Crippen LogP contribution in [0.1, 0.15) is 15.9 Å². The molecule has 98 valence electrons. The fourth-order valence-electron chi connectivity index (χ4n) is 1.74. The molecule has 3 nitrogen and oxygen atoms in total. The maximum Gasteiger partial charge on any atom is 0.198 e. The van der Waals surface area contributed by atoms with E-state index < -0.39 is 5.82 Å². The second-order valence-corrected chi connectivity index (χ2v) is 4.82. The van der Waals surface area contributed by atoms with Crippen molar-refractivity contribution in [2.24, 2.45) is 0 Å². The number of rotatable bonds is 3. The van der Waals surface area contributed by atoms with Crippen molar-refractivity contribution in [1.82, 2.24) is 0 Å². The molecule has 0 spiro atoms. The first-order valence-corrected chi connectivity index (χ1v) is 6.25. The van der Waals surface area contributed by atoms with E-state index in [1.165, 1.54) is 19.2 Å². The van der Waals surface area contributed by atoms with Crippen LogP contribution in [0.4, 0.5) is 10.1 Å². The number of hydrogen-bond donors (Lipinski definition) is 1. The number of carbonyl (C=O) groups is 1. The Morgan fingerprint density at radius 2 is 1.95 bits per heavy atom. The van der Waals surface area contributed by atoms with Gasteiger partial charge in [0.2, 0.25) is 0 Å². The molecule has 0 bridgehead atoms. The Balaban J connectivity index is 2.52. The van der Waals surface area contributed by atoms with E-state index in [9.17, 15) is 9.18 Å². The zero-order valence-electron chi connectivity index (χ0n) is 10.1. The predicted octanol–water partition coefficient (Wildman–Crippen LogP) is 3.41. The van der Waals surface area contributed by atoms with Gasteiger partial charge in [-0.2, -0.15) is 0 Å². The van der Waals surface area contributed by atoms with Gasteiger partial charge in [-0.1, -0.05) is 15.9 Å². The van der Waals surface area contributed by atoms with Crippen LogP contribution in [-0.4, -0.2) is 12.9 Å². The number of nitrogen functional groups attached to an aromatic ring is 1. The zero-order chi connectivity index (χ0) is 14.0. The van der Waals surface area contributed by atoms with Crippen molar-refractivity contribution in [3.8, 4) is 5.75 Å². The second kappa shape index (κ2) is 5.40. The van der Waals surface area contributed by atoms with Crippen LogP contribution in [0.25, 0.3) is 0 Å². The topological polar surface area (TPSA) is 52.3 Å². The molecule has 0 radical (unpaired) electrons. The minimum Gasteiger partial charge on any atom is -0.496 e. The molecule has 5 heteroatoms. The molecule has 0 aliphatic heterocycles. The quantitative estimate of drug-likeness (QED) is 0.695. The minimum atomic E-state index is -0.477. The Hall–Kier alpha value is -1.88. The maximum absolute atomic E-state index is 13.0. The van der Waals surface area contributed by atoms with Crippen LogP contribution in [0, 0.1) is 5.82 Å². The first-order valence-electron chi connectivity index (χ1n) is 5.46. The van der Waals surface area contributed by atoms with Gasteiger partial charge in [0.15, 0.2) is 5.78 Å². The summed E-state index contributed by atoms with van der Waals surface area (Å²) in [4.78, 5) is 12.4. The van der Waals surface area contributed by atoms with Gasteiger partial charge in [0.1, 0.15) is 11.6 Å². The van der Waals surface area contributed by atoms with E-state index in [1.54, 1.807) is 18.2 Å². The molecule has 0 heterocycles. The Kier molecular flexibility index (Phi) is 3.85. The molecule has 0 aromatic heterocycles. The molecular formula is C14H11BrFNO2. The fourth-order valence-corrected chi connectivity index (χ4v) is 2.10. The lowest BCUT2D eigenvalue weighted by Gasteiger charge is -2.09. The Bertz CT molecular complexity index is 643. The van der Waals surface area contributed by atoms with E-state index in [4.69, 9.17) is 10.5 Å². The highest BCUT2D eigenvalue weighted by atomic mass is 79.9. The molecule has 0 amide bonds. The van der Waals surface area contributed by atoms with Crippen LogP contribution in [0.3, 0.4) is 0 Å². The van der Waals surface area contributed by atoms with Crippen molar-refractivity contribution in [1.29, 1.82) is 0 Å². The molecule has 0 aliphatic carbocycles. The molecule has 2 aromatic carbocycles. The van der Waals surface area contributed by atoms with Gasteiger partial charge in [-0.15, -0.1) is 0 Å². The molecule has 0 atom stereocenters. The van der Waals surface area contributed by atoms with E-state index in [0.29, 0.717) is 11.3 Å². The Labute approximate surface area is 118 Å². The van der Waals surface area contributed by atoms with Gasteiger partial charge in [-0.3, -0.25) is 4.79 Å². The lowest BCUT2D eigenvalue weighted by molar-refractivity contribution is 0.103. The van der Waals surface area contributed by atoms with Crippen molar-refractivity contribution in [3.63, 3.8) is 0 Å². The van der Waals surface area contributed by atoms with E-state index in [1.807, 2.05) is 0 Å². The standard InChI is InChI=1S/C14H11BrFNO2/c1-19-13-5-2-8(15)6-11(13)14(18)10-4-3-9(16)7-12(10)17/h2-7H,17H2,1H3. The number of nitrogens with two attached hydrogens (primary N) is 1. The van der Waals surface area contributed by atoms with Crippen molar-refractivity contribution in [3.05, 3.63) is 57.8 Å². The summed E-state index contributed by atoms with van der Waals surface area (Å²) >= 11 is 3.30. The van der Waals surface area contributed by atoms with Crippen LogP contribution < -0.4 is 10.5 Å². The lowest BCUT2D eigenvalue weighted by atomic mass is 10.0. The summed E-state index contributed by atoms with van der Waals surface area (Å²) in [6, 6.07) is 8.78. The molecular weight excluding hydrogens is 313 g/mol. The van der Waals surface area contributed by atoms with Gasteiger partial charge in [0.25, 0.3) is 0 Å². The summed E-state index contributed by atoms with van der Waals surface area (Å²) < 4.78 is 18.9. The number of hydrogen-bond acceptors (Lipinski definition) is 3. The smallest absolute Gasteiger partial charge is 0.198 e. The number of ether oxygens (including phenoxy) is 1. The SMILES string of the molecule is COc1ccc(Br)cc1C(=O)c1ccc(F)cc1N. The second-order valence-electron chi connectivity index (χ2n) is 3.91. The van der Waals surface area contributed by atoms with Gasteiger partial charge >= 0.3 is 0 Å². The monoisotopic (exact) mass is 323 g/mol. The van der Waals surface area contributed by atoms with Crippen molar-refractivity contribution in [2.75, 3.05) is 12.8 Å². The predicted molar refractivity (Wildman–Crippen MR) is 74.9 cm³/mol. The summed E-state index contributed by atoms with van der Waals surface area (Å²) in [5.41, 5.74) is 6.40. The highest BCUT2D eigenvalue weighted by Gasteiger charge is 2.17. The van der Waals surface area contributed by atoms with Crippen LogP contribution in [0.2, 0.25) is 0 Å². The first kappa shape index (κ1) is 13.5. The fraction of sp³-hybridized carbons (Fsp3) is 0.0714. The number of anilines is 1. The molecule has 2 aromatic rings. The number of methoxy groups -OCH3 is 1. The van der Waals surface area contributed by atoms with Crippen LogP contribution in [0.5, 0.6) is 5.75 Å². The molecule has 0 saturated heterocycles. The van der Waals surface area contributed by atoms with Gasteiger partial charge in [-0.25, -0.2) is 4.39 Å². The maximum atomic E-state index is 13.0. The molecule has 2 rings (SSSR count). The van der Waals surface area contributed by atoms with Crippen molar-refractivity contribution in [2.45, 2.75) is 0 Å². The first-order chi connectivity index (χ1) is 9.02. The molecule has 0 saturated carbocycles. The molecule has 0 unspecified atom stereocenters. The Morgan fingerprint density at radius 1 is 1.21 bits per heavy atom. The van der Waals surface area contributed by atoms with Gasteiger partial charge in [-0.05, 0) is 36.4 Å². The van der Waals surface area contributed by atoms with Gasteiger partial charge < -0.3 is 10.5 Å². The van der Waals surface area contributed by atoms with Crippen molar-refractivity contribution < 1.29 is 13.9 Å². The summed E-state index contributed by atoms with van der Waals surface area (Å²) in [5, 5.41) is 0. The lowest BCUT2D eigenvalue weighted by Crippen LogP contribution is -2.07. The number of carbonyl (C=O) groups excluding carboxylic acids is 1. The summed E-state index contributed by atoms with van der Waals surface area (Å²) in [6.07, 6.45) is 0. The highest BCUT2D eigenvalue weighted by Crippen LogP contribution is 2.27. The number of halogens is 2. The molecule has 0 fully saturated rings. The van der Waals surface area contributed by atoms with Crippen molar-refractivity contribution >= 4 is 27.4 Å². The van der Waals surface area contributed by atoms with Crippen LogP contribution >= 0.6 is 15.9 Å².